The molecule has 21 heavy (non-hydrogen) atoms. The highest BCUT2D eigenvalue weighted by Gasteiger charge is 2.19. The molecule has 1 unspecified atom stereocenters. The molecule has 0 saturated heterocycles. The standard InChI is InChI=1S/C16H22ClN3S/c1-10(8-12-7-6-11(2)21-12)18-14-9-13(17)19-15(20-14)16(3,4)5/h6-7,9-10H,8H2,1-5H3,(H,18,19,20). The molecule has 0 spiro atoms. The van der Waals surface area contributed by atoms with Crippen LogP contribution in [0.3, 0.4) is 0 Å². The van der Waals surface area contributed by atoms with Crippen LogP contribution in [0.15, 0.2) is 18.2 Å². The van der Waals surface area contributed by atoms with Crippen molar-refractivity contribution < 1.29 is 0 Å². The Morgan fingerprint density at radius 1 is 1.29 bits per heavy atom. The first-order chi connectivity index (χ1) is 9.74. The number of rotatable bonds is 4. The van der Waals surface area contributed by atoms with Gasteiger partial charge in [-0.1, -0.05) is 32.4 Å². The monoisotopic (exact) mass is 323 g/mol. The fourth-order valence-electron chi connectivity index (χ4n) is 2.03. The van der Waals surface area contributed by atoms with Gasteiger partial charge in [0.2, 0.25) is 0 Å². The quantitative estimate of drug-likeness (QED) is 0.818. The van der Waals surface area contributed by atoms with Crippen LogP contribution < -0.4 is 5.32 Å². The fourth-order valence-corrected chi connectivity index (χ4v) is 3.23. The van der Waals surface area contributed by atoms with Gasteiger partial charge in [-0.25, -0.2) is 9.97 Å². The van der Waals surface area contributed by atoms with Crippen LogP contribution in [-0.4, -0.2) is 16.0 Å². The van der Waals surface area contributed by atoms with Crippen LogP contribution in [0, 0.1) is 6.92 Å². The third kappa shape index (κ3) is 4.68. The number of nitrogens with one attached hydrogen (secondary N) is 1. The van der Waals surface area contributed by atoms with Crippen LogP contribution in [0.4, 0.5) is 5.82 Å². The number of halogens is 1. The Kier molecular flexibility index (Phi) is 4.89. The Labute approximate surface area is 135 Å². The number of hydrogen-bond donors (Lipinski definition) is 1. The average molecular weight is 324 g/mol. The zero-order valence-corrected chi connectivity index (χ0v) is 14.8. The lowest BCUT2D eigenvalue weighted by Crippen LogP contribution is -2.21. The van der Waals surface area contributed by atoms with Crippen molar-refractivity contribution in [2.45, 2.75) is 52.5 Å². The van der Waals surface area contributed by atoms with E-state index < -0.39 is 0 Å². The lowest BCUT2D eigenvalue weighted by molar-refractivity contribution is 0.545. The topological polar surface area (TPSA) is 37.8 Å². The Balaban J connectivity index is 2.10. The molecule has 2 aromatic heterocycles. The molecule has 2 aromatic rings. The van der Waals surface area contributed by atoms with Gasteiger partial charge in [0.05, 0.1) is 0 Å². The van der Waals surface area contributed by atoms with Gasteiger partial charge in [0.15, 0.2) is 0 Å². The zero-order valence-electron chi connectivity index (χ0n) is 13.2. The molecule has 0 fully saturated rings. The second kappa shape index (κ2) is 6.32. The largest absolute Gasteiger partial charge is 0.367 e. The second-order valence-corrected chi connectivity index (χ2v) is 8.17. The van der Waals surface area contributed by atoms with Crippen LogP contribution in [-0.2, 0) is 11.8 Å². The first-order valence-corrected chi connectivity index (χ1v) is 8.30. The molecule has 0 radical (unpaired) electrons. The molecule has 114 valence electrons. The third-order valence-corrected chi connectivity index (χ3v) is 4.28. The molecule has 5 heteroatoms. The summed E-state index contributed by atoms with van der Waals surface area (Å²) < 4.78 is 0. The smallest absolute Gasteiger partial charge is 0.137 e. The van der Waals surface area contributed by atoms with Crippen molar-refractivity contribution in [3.8, 4) is 0 Å². The fraction of sp³-hybridized carbons (Fsp3) is 0.500. The number of aromatic nitrogens is 2. The summed E-state index contributed by atoms with van der Waals surface area (Å²) in [6.07, 6.45) is 0.977. The van der Waals surface area contributed by atoms with E-state index in [1.807, 2.05) is 11.3 Å². The highest BCUT2D eigenvalue weighted by molar-refractivity contribution is 7.11. The van der Waals surface area contributed by atoms with E-state index in [4.69, 9.17) is 11.6 Å². The number of thiophene rings is 1. The van der Waals surface area contributed by atoms with Gasteiger partial charge in [-0.05, 0) is 26.0 Å². The molecule has 0 aliphatic rings. The van der Waals surface area contributed by atoms with Gasteiger partial charge in [-0.3, -0.25) is 0 Å². The molecule has 2 rings (SSSR count). The summed E-state index contributed by atoms with van der Waals surface area (Å²) >= 11 is 7.95. The van der Waals surface area contributed by atoms with Crippen LogP contribution >= 0.6 is 22.9 Å². The Hall–Kier alpha value is -1.13. The maximum Gasteiger partial charge on any atom is 0.137 e. The van der Waals surface area contributed by atoms with E-state index in [-0.39, 0.29) is 5.41 Å². The lowest BCUT2D eigenvalue weighted by Gasteiger charge is -2.19. The Morgan fingerprint density at radius 3 is 2.57 bits per heavy atom. The Morgan fingerprint density at radius 2 is 2.00 bits per heavy atom. The van der Waals surface area contributed by atoms with Crippen molar-refractivity contribution in [2.75, 3.05) is 5.32 Å². The summed E-state index contributed by atoms with van der Waals surface area (Å²) in [7, 11) is 0. The molecule has 3 nitrogen and oxygen atoms in total. The summed E-state index contributed by atoms with van der Waals surface area (Å²) in [4.78, 5) is 11.6. The zero-order chi connectivity index (χ0) is 15.6. The highest BCUT2D eigenvalue weighted by Crippen LogP contribution is 2.23. The molecular weight excluding hydrogens is 302 g/mol. The van der Waals surface area contributed by atoms with Crippen LogP contribution in [0.2, 0.25) is 5.15 Å². The maximum absolute atomic E-state index is 6.11. The third-order valence-electron chi connectivity index (χ3n) is 3.06. The van der Waals surface area contributed by atoms with E-state index in [1.165, 1.54) is 9.75 Å². The number of anilines is 1. The van der Waals surface area contributed by atoms with Crippen molar-refractivity contribution >= 4 is 28.8 Å². The summed E-state index contributed by atoms with van der Waals surface area (Å²) in [5.74, 6) is 1.55. The Bertz CT molecular complexity index is 616. The molecule has 0 aromatic carbocycles. The summed E-state index contributed by atoms with van der Waals surface area (Å²) in [6.45, 7) is 10.5. The molecule has 0 bridgehead atoms. The summed E-state index contributed by atoms with van der Waals surface area (Å²) in [5, 5.41) is 3.91. The van der Waals surface area contributed by atoms with Crippen molar-refractivity contribution in [3.05, 3.63) is 38.9 Å². The van der Waals surface area contributed by atoms with Gasteiger partial charge in [0.25, 0.3) is 0 Å². The molecule has 1 atom stereocenters. The van der Waals surface area contributed by atoms with Gasteiger partial charge < -0.3 is 5.32 Å². The van der Waals surface area contributed by atoms with E-state index in [0.717, 1.165) is 18.1 Å². The van der Waals surface area contributed by atoms with Gasteiger partial charge in [-0.15, -0.1) is 11.3 Å². The lowest BCUT2D eigenvalue weighted by atomic mass is 9.96. The van der Waals surface area contributed by atoms with E-state index in [9.17, 15) is 0 Å². The van der Waals surface area contributed by atoms with Crippen LogP contribution in [0.25, 0.3) is 0 Å². The van der Waals surface area contributed by atoms with Crippen molar-refractivity contribution in [2.24, 2.45) is 0 Å². The van der Waals surface area contributed by atoms with E-state index >= 15 is 0 Å². The minimum Gasteiger partial charge on any atom is -0.367 e. The maximum atomic E-state index is 6.11. The highest BCUT2D eigenvalue weighted by atomic mass is 35.5. The molecule has 0 aliphatic carbocycles. The first kappa shape index (κ1) is 16.2. The normalized spacial score (nSPS) is 13.2. The number of nitrogens with zero attached hydrogens (tertiary/aromatic N) is 2. The SMILES string of the molecule is Cc1ccc(CC(C)Nc2cc(Cl)nc(C(C)(C)C)n2)s1. The molecular formula is C16H22ClN3S. The van der Waals surface area contributed by atoms with E-state index in [0.29, 0.717) is 11.2 Å². The molecule has 0 amide bonds. The minimum atomic E-state index is -0.116. The summed E-state index contributed by atoms with van der Waals surface area (Å²) in [5.41, 5.74) is -0.116. The van der Waals surface area contributed by atoms with Gasteiger partial charge in [-0.2, -0.15) is 0 Å². The van der Waals surface area contributed by atoms with Gasteiger partial charge in [0.1, 0.15) is 16.8 Å². The van der Waals surface area contributed by atoms with Crippen molar-refractivity contribution in [1.82, 2.24) is 9.97 Å². The average Bonchev–Trinajstić information content (AvgIpc) is 2.72. The number of hydrogen-bond acceptors (Lipinski definition) is 4. The van der Waals surface area contributed by atoms with Gasteiger partial charge in [0, 0.05) is 33.7 Å². The minimum absolute atomic E-state index is 0.116. The predicted octanol–water partition coefficient (Wildman–Crippen LogP) is 4.84. The van der Waals surface area contributed by atoms with Gasteiger partial charge >= 0.3 is 0 Å². The predicted molar refractivity (Wildman–Crippen MR) is 91.6 cm³/mol. The molecule has 0 saturated carbocycles. The summed E-state index contributed by atoms with van der Waals surface area (Å²) in [6, 6.07) is 6.42. The molecule has 2 heterocycles. The van der Waals surface area contributed by atoms with Crippen LogP contribution in [0.1, 0.15) is 43.3 Å². The molecule has 1 N–H and O–H groups in total. The number of aryl methyl sites for hydroxylation is 1. The molecule has 0 aliphatic heterocycles. The van der Waals surface area contributed by atoms with Crippen LogP contribution in [0.5, 0.6) is 0 Å². The first-order valence-electron chi connectivity index (χ1n) is 7.11. The van der Waals surface area contributed by atoms with Crippen molar-refractivity contribution in [1.29, 1.82) is 0 Å². The van der Waals surface area contributed by atoms with E-state index in [1.54, 1.807) is 6.07 Å². The van der Waals surface area contributed by atoms with Crippen molar-refractivity contribution in [3.63, 3.8) is 0 Å². The van der Waals surface area contributed by atoms with E-state index in [2.05, 4.69) is 62.0 Å². The second-order valence-electron chi connectivity index (χ2n) is 6.41.